The molecule has 1 N–H and O–H groups in total. The maximum atomic E-state index is 13.7. The van der Waals surface area contributed by atoms with Crippen LogP contribution >= 0.6 is 15.9 Å². The third kappa shape index (κ3) is 5.38. The highest BCUT2D eigenvalue weighted by Crippen LogP contribution is 2.24. The van der Waals surface area contributed by atoms with Crippen molar-refractivity contribution in [3.8, 4) is 0 Å². The van der Waals surface area contributed by atoms with Crippen molar-refractivity contribution in [3.05, 3.63) is 28.5 Å². The zero-order valence-corrected chi connectivity index (χ0v) is 13.2. The van der Waals surface area contributed by atoms with Gasteiger partial charge in [0, 0.05) is 10.5 Å². The minimum atomic E-state index is -0.185. The van der Waals surface area contributed by atoms with E-state index in [2.05, 4.69) is 48.9 Å². The van der Waals surface area contributed by atoms with E-state index in [1.165, 1.54) is 6.07 Å². The van der Waals surface area contributed by atoms with Crippen molar-refractivity contribution >= 4 is 21.6 Å². The summed E-state index contributed by atoms with van der Waals surface area (Å²) in [6, 6.07) is 5.35. The van der Waals surface area contributed by atoms with E-state index in [0.29, 0.717) is 23.6 Å². The fourth-order valence-corrected chi connectivity index (χ4v) is 2.54. The van der Waals surface area contributed by atoms with Crippen LogP contribution in [0.1, 0.15) is 40.5 Å². The third-order valence-electron chi connectivity index (χ3n) is 2.80. The van der Waals surface area contributed by atoms with Crippen molar-refractivity contribution in [1.29, 1.82) is 0 Å². The Labute approximate surface area is 118 Å². The fourth-order valence-electron chi connectivity index (χ4n) is 2.18. The van der Waals surface area contributed by atoms with E-state index in [1.54, 1.807) is 6.07 Å². The Hall–Kier alpha value is -0.570. The molecule has 0 atom stereocenters. The van der Waals surface area contributed by atoms with E-state index in [1.807, 2.05) is 6.07 Å². The zero-order chi connectivity index (χ0) is 13.7. The number of benzene rings is 1. The first-order chi connectivity index (χ1) is 8.38. The van der Waals surface area contributed by atoms with Gasteiger partial charge in [-0.15, -0.1) is 0 Å². The summed E-state index contributed by atoms with van der Waals surface area (Å²) in [4.78, 5) is 0. The van der Waals surface area contributed by atoms with E-state index in [-0.39, 0.29) is 5.82 Å². The highest BCUT2D eigenvalue weighted by atomic mass is 79.9. The Balaban J connectivity index is 2.77. The Kier molecular flexibility index (Phi) is 6.13. The summed E-state index contributed by atoms with van der Waals surface area (Å²) in [6.45, 7) is 8.80. The van der Waals surface area contributed by atoms with Crippen LogP contribution in [0, 0.1) is 17.7 Å². The molecule has 0 amide bonds. The van der Waals surface area contributed by atoms with Crippen LogP contribution in [0.15, 0.2) is 22.7 Å². The number of halogens is 2. The van der Waals surface area contributed by atoms with Gasteiger partial charge in [-0.25, -0.2) is 4.39 Å². The van der Waals surface area contributed by atoms with E-state index in [4.69, 9.17) is 0 Å². The molecule has 0 heterocycles. The molecule has 0 aliphatic rings. The molecule has 0 saturated heterocycles. The summed E-state index contributed by atoms with van der Waals surface area (Å²) < 4.78 is 14.6. The van der Waals surface area contributed by atoms with Crippen molar-refractivity contribution in [2.45, 2.75) is 46.6 Å². The van der Waals surface area contributed by atoms with Crippen molar-refractivity contribution in [1.82, 2.24) is 0 Å². The second-order valence-corrected chi connectivity index (χ2v) is 6.64. The van der Waals surface area contributed by atoms with Crippen molar-refractivity contribution in [2.24, 2.45) is 11.8 Å². The minimum absolute atomic E-state index is 0.185. The van der Waals surface area contributed by atoms with Gasteiger partial charge in [-0.2, -0.15) is 0 Å². The standard InChI is InChI=1S/C15H23BrFN/c1-10(2)7-13(8-11(3)4)18-15-9-12(16)5-6-14(15)17/h5-6,9-11,13,18H,7-8H2,1-4H3. The monoisotopic (exact) mass is 315 g/mol. The molecule has 0 radical (unpaired) electrons. The van der Waals surface area contributed by atoms with Crippen molar-refractivity contribution in [2.75, 3.05) is 5.32 Å². The van der Waals surface area contributed by atoms with Crippen molar-refractivity contribution in [3.63, 3.8) is 0 Å². The molecule has 0 aromatic heterocycles. The van der Waals surface area contributed by atoms with Crippen LogP contribution < -0.4 is 5.32 Å². The van der Waals surface area contributed by atoms with Crippen LogP contribution in [0.4, 0.5) is 10.1 Å². The largest absolute Gasteiger partial charge is 0.380 e. The first kappa shape index (κ1) is 15.5. The molecule has 18 heavy (non-hydrogen) atoms. The van der Waals surface area contributed by atoms with Gasteiger partial charge in [0.15, 0.2) is 0 Å². The summed E-state index contributed by atoms with van der Waals surface area (Å²) in [6.07, 6.45) is 2.12. The normalized spacial score (nSPS) is 11.6. The Morgan fingerprint density at radius 3 is 2.17 bits per heavy atom. The van der Waals surface area contributed by atoms with Gasteiger partial charge in [0.25, 0.3) is 0 Å². The molecule has 1 aromatic rings. The lowest BCUT2D eigenvalue weighted by atomic mass is 9.95. The molecule has 0 saturated carbocycles. The second kappa shape index (κ2) is 7.13. The molecule has 0 fully saturated rings. The number of hydrogen-bond acceptors (Lipinski definition) is 1. The smallest absolute Gasteiger partial charge is 0.146 e. The van der Waals surface area contributed by atoms with E-state index in [0.717, 1.165) is 17.3 Å². The number of rotatable bonds is 6. The molecule has 1 nitrogen and oxygen atoms in total. The molecule has 1 aromatic carbocycles. The summed E-state index contributed by atoms with van der Waals surface area (Å²) in [5, 5.41) is 3.35. The maximum absolute atomic E-state index is 13.7. The molecule has 1 rings (SSSR count). The van der Waals surface area contributed by atoms with Gasteiger partial charge in [-0.1, -0.05) is 43.6 Å². The van der Waals surface area contributed by atoms with E-state index in [9.17, 15) is 4.39 Å². The first-order valence-electron chi connectivity index (χ1n) is 6.60. The molecule has 0 aliphatic carbocycles. The Morgan fingerprint density at radius 2 is 1.67 bits per heavy atom. The Bertz CT molecular complexity index is 367. The van der Waals surface area contributed by atoms with Crippen molar-refractivity contribution < 1.29 is 4.39 Å². The quantitative estimate of drug-likeness (QED) is 0.734. The second-order valence-electron chi connectivity index (χ2n) is 5.72. The highest BCUT2D eigenvalue weighted by Gasteiger charge is 2.14. The van der Waals surface area contributed by atoms with Gasteiger partial charge < -0.3 is 5.32 Å². The molecule has 3 heteroatoms. The lowest BCUT2D eigenvalue weighted by Crippen LogP contribution is -2.24. The highest BCUT2D eigenvalue weighted by molar-refractivity contribution is 9.10. The average molecular weight is 316 g/mol. The lowest BCUT2D eigenvalue weighted by molar-refractivity contribution is 0.440. The topological polar surface area (TPSA) is 12.0 Å². The molecule has 0 unspecified atom stereocenters. The molecular formula is C15H23BrFN. The van der Waals surface area contributed by atoms with Gasteiger partial charge in [-0.05, 0) is 42.9 Å². The van der Waals surface area contributed by atoms with Gasteiger partial charge >= 0.3 is 0 Å². The molecule has 0 spiro atoms. The SMILES string of the molecule is CC(C)CC(CC(C)C)Nc1cc(Br)ccc1F. The average Bonchev–Trinajstić information content (AvgIpc) is 2.21. The van der Waals surface area contributed by atoms with Gasteiger partial charge in [0.2, 0.25) is 0 Å². The summed E-state index contributed by atoms with van der Waals surface area (Å²) in [7, 11) is 0. The van der Waals surface area contributed by atoms with E-state index < -0.39 is 0 Å². The first-order valence-corrected chi connectivity index (χ1v) is 7.39. The zero-order valence-electron chi connectivity index (χ0n) is 11.6. The van der Waals surface area contributed by atoms with Gasteiger partial charge in [-0.3, -0.25) is 0 Å². The third-order valence-corrected chi connectivity index (χ3v) is 3.29. The predicted octanol–water partition coefficient (Wildman–Crippen LogP) is 5.46. The van der Waals surface area contributed by atoms with Crippen LogP contribution in [-0.2, 0) is 0 Å². The van der Waals surface area contributed by atoms with Crippen LogP contribution in [-0.4, -0.2) is 6.04 Å². The summed E-state index contributed by atoms with van der Waals surface area (Å²) >= 11 is 3.38. The Morgan fingerprint density at radius 1 is 1.11 bits per heavy atom. The minimum Gasteiger partial charge on any atom is -0.380 e. The maximum Gasteiger partial charge on any atom is 0.146 e. The molecule has 0 bridgehead atoms. The molecular weight excluding hydrogens is 293 g/mol. The van der Waals surface area contributed by atoms with E-state index >= 15 is 0 Å². The van der Waals surface area contributed by atoms with Gasteiger partial charge in [0.1, 0.15) is 5.82 Å². The number of anilines is 1. The number of nitrogens with one attached hydrogen (secondary N) is 1. The molecule has 0 aliphatic heterocycles. The lowest BCUT2D eigenvalue weighted by Gasteiger charge is -2.24. The fraction of sp³-hybridized carbons (Fsp3) is 0.600. The molecule has 102 valence electrons. The summed E-state index contributed by atoms with van der Waals surface area (Å²) in [5.41, 5.74) is 0.593. The number of hydrogen-bond donors (Lipinski definition) is 1. The van der Waals surface area contributed by atoms with Crippen LogP contribution in [0.5, 0.6) is 0 Å². The predicted molar refractivity (Wildman–Crippen MR) is 80.4 cm³/mol. The summed E-state index contributed by atoms with van der Waals surface area (Å²) in [5.74, 6) is 1.03. The van der Waals surface area contributed by atoms with Crippen LogP contribution in [0.25, 0.3) is 0 Å². The van der Waals surface area contributed by atoms with Crippen LogP contribution in [0.2, 0.25) is 0 Å². The van der Waals surface area contributed by atoms with Crippen LogP contribution in [0.3, 0.4) is 0 Å². The van der Waals surface area contributed by atoms with Gasteiger partial charge in [0.05, 0.1) is 5.69 Å².